The maximum absolute atomic E-state index is 14.2. The van der Waals surface area contributed by atoms with Gasteiger partial charge in [0.15, 0.2) is 11.9 Å². The Balaban J connectivity index is 1.49. The lowest BCUT2D eigenvalue weighted by Gasteiger charge is -2.61. The summed E-state index contributed by atoms with van der Waals surface area (Å²) in [5, 5.41) is 0. The zero-order valence-electron chi connectivity index (χ0n) is 21.3. The quantitative estimate of drug-likeness (QED) is 0.436. The van der Waals surface area contributed by atoms with E-state index in [0.29, 0.717) is 19.3 Å². The highest BCUT2D eigenvalue weighted by Gasteiger charge is 2.67. The SMILES string of the molecule is COC(=O)[C@@H]1C[C@H](OC(=O)Cc2ccccc2)C(=O)[C@@H]2[C@@]3(C)C[C@@H](c4ccoc4)OC(=O)[C@H]3CC[C@]21C. The van der Waals surface area contributed by atoms with Gasteiger partial charge >= 0.3 is 17.9 Å². The number of Topliss-reactive ketones (excluding diaryl/α,β-unsaturated/α-hetero) is 1. The molecule has 5 rings (SSSR count). The van der Waals surface area contributed by atoms with Crippen molar-refractivity contribution in [1.82, 2.24) is 0 Å². The van der Waals surface area contributed by atoms with Crippen molar-refractivity contribution in [2.75, 3.05) is 7.11 Å². The zero-order valence-corrected chi connectivity index (χ0v) is 21.3. The van der Waals surface area contributed by atoms with Gasteiger partial charge in [-0.05, 0) is 41.7 Å². The van der Waals surface area contributed by atoms with Crippen LogP contribution in [-0.4, -0.2) is 36.9 Å². The number of hydrogen-bond acceptors (Lipinski definition) is 8. The number of esters is 3. The van der Waals surface area contributed by atoms with E-state index < -0.39 is 52.7 Å². The number of fused-ring (bicyclic) bond motifs is 3. The van der Waals surface area contributed by atoms with Crippen LogP contribution in [0, 0.1) is 28.6 Å². The van der Waals surface area contributed by atoms with Gasteiger partial charge in [-0.25, -0.2) is 0 Å². The second-order valence-corrected chi connectivity index (χ2v) is 11.1. The number of carbonyl (C=O) groups is 4. The topological polar surface area (TPSA) is 109 Å². The van der Waals surface area contributed by atoms with Gasteiger partial charge in [0, 0.05) is 17.9 Å². The van der Waals surface area contributed by atoms with Crippen molar-refractivity contribution in [3.8, 4) is 0 Å². The fraction of sp³-hybridized carbons (Fsp3) is 0.517. The predicted molar refractivity (Wildman–Crippen MR) is 130 cm³/mol. The van der Waals surface area contributed by atoms with Gasteiger partial charge < -0.3 is 18.6 Å². The second kappa shape index (κ2) is 9.47. The van der Waals surface area contributed by atoms with Crippen LogP contribution in [-0.2, 0) is 39.8 Å². The van der Waals surface area contributed by atoms with Crippen LogP contribution in [0.4, 0.5) is 0 Å². The molecule has 1 aromatic heterocycles. The molecule has 8 heteroatoms. The number of methoxy groups -OCH3 is 1. The second-order valence-electron chi connectivity index (χ2n) is 11.1. The van der Waals surface area contributed by atoms with Crippen LogP contribution in [0.5, 0.6) is 0 Å². The van der Waals surface area contributed by atoms with Crippen LogP contribution in [0.1, 0.15) is 56.8 Å². The minimum absolute atomic E-state index is 0.0181. The fourth-order valence-corrected chi connectivity index (χ4v) is 7.23. The van der Waals surface area contributed by atoms with Gasteiger partial charge in [-0.2, -0.15) is 0 Å². The highest BCUT2D eigenvalue weighted by atomic mass is 16.6. The average Bonchev–Trinajstić information content (AvgIpc) is 3.40. The molecule has 0 amide bonds. The lowest BCUT2D eigenvalue weighted by Crippen LogP contribution is -2.64. The van der Waals surface area contributed by atoms with Crippen molar-refractivity contribution in [2.24, 2.45) is 28.6 Å². The predicted octanol–water partition coefficient (Wildman–Crippen LogP) is 4.22. The Hall–Kier alpha value is -3.42. The molecule has 0 spiro atoms. The first kappa shape index (κ1) is 25.2. The summed E-state index contributed by atoms with van der Waals surface area (Å²) in [5.74, 6) is -3.42. The average molecular weight is 509 g/mol. The van der Waals surface area contributed by atoms with Gasteiger partial charge in [0.05, 0.1) is 37.9 Å². The maximum Gasteiger partial charge on any atom is 0.310 e. The van der Waals surface area contributed by atoms with E-state index in [1.54, 1.807) is 6.07 Å². The molecule has 0 bridgehead atoms. The van der Waals surface area contributed by atoms with Crippen LogP contribution < -0.4 is 0 Å². The molecule has 2 aliphatic carbocycles. The van der Waals surface area contributed by atoms with Crippen molar-refractivity contribution in [3.05, 3.63) is 60.1 Å². The lowest BCUT2D eigenvalue weighted by molar-refractivity contribution is -0.210. The van der Waals surface area contributed by atoms with Gasteiger partial charge in [-0.3, -0.25) is 19.2 Å². The van der Waals surface area contributed by atoms with Crippen LogP contribution in [0.2, 0.25) is 0 Å². The summed E-state index contributed by atoms with van der Waals surface area (Å²) >= 11 is 0. The molecule has 2 heterocycles. The number of benzene rings is 1. The maximum atomic E-state index is 14.2. The highest BCUT2D eigenvalue weighted by Crippen LogP contribution is 2.65. The molecule has 1 aromatic carbocycles. The molecule has 1 saturated heterocycles. The molecular formula is C29H32O8. The Morgan fingerprint density at radius 1 is 1.08 bits per heavy atom. The third-order valence-electron chi connectivity index (χ3n) is 8.97. The van der Waals surface area contributed by atoms with Gasteiger partial charge in [0.2, 0.25) is 0 Å². The van der Waals surface area contributed by atoms with Crippen LogP contribution in [0.3, 0.4) is 0 Å². The van der Waals surface area contributed by atoms with Crippen molar-refractivity contribution in [2.45, 2.75) is 58.2 Å². The van der Waals surface area contributed by atoms with E-state index in [0.717, 1.165) is 11.1 Å². The third-order valence-corrected chi connectivity index (χ3v) is 8.97. The summed E-state index contributed by atoms with van der Waals surface area (Å²) in [6.45, 7) is 3.88. The number of furan rings is 1. The fourth-order valence-electron chi connectivity index (χ4n) is 7.23. The lowest BCUT2D eigenvalue weighted by atomic mass is 9.43. The van der Waals surface area contributed by atoms with Crippen LogP contribution in [0.25, 0.3) is 0 Å². The molecule has 3 fully saturated rings. The standard InChI is InChI=1S/C29H32O8/c1-28-11-9-19-27(33)37-22(18-10-12-35-16-18)15-29(19,2)25(28)24(31)21(14-20(28)26(32)34-3)36-23(30)13-17-7-5-4-6-8-17/h4-8,10,12,16,19-22,25H,9,11,13-15H2,1-3H3/t19-,20+,21+,22+,25+,28+,29+/m1/s1. The molecule has 7 atom stereocenters. The molecule has 0 N–H and O–H groups in total. The van der Waals surface area contributed by atoms with E-state index >= 15 is 0 Å². The van der Waals surface area contributed by atoms with E-state index in [1.165, 1.54) is 19.6 Å². The molecule has 2 saturated carbocycles. The highest BCUT2D eigenvalue weighted by molar-refractivity contribution is 5.93. The summed E-state index contributed by atoms with van der Waals surface area (Å²) in [6.07, 6.45) is 2.85. The molecule has 3 aliphatic rings. The van der Waals surface area contributed by atoms with E-state index in [2.05, 4.69) is 0 Å². The number of ketones is 1. The molecule has 196 valence electrons. The minimum atomic E-state index is -1.10. The first-order valence-electron chi connectivity index (χ1n) is 12.7. The Morgan fingerprint density at radius 3 is 2.51 bits per heavy atom. The number of cyclic esters (lactones) is 1. The van der Waals surface area contributed by atoms with Gasteiger partial charge in [0.1, 0.15) is 6.10 Å². The summed E-state index contributed by atoms with van der Waals surface area (Å²) in [4.78, 5) is 53.3. The molecule has 1 aliphatic heterocycles. The van der Waals surface area contributed by atoms with E-state index in [1.807, 2.05) is 44.2 Å². The number of ether oxygens (including phenoxy) is 3. The van der Waals surface area contributed by atoms with E-state index in [4.69, 9.17) is 18.6 Å². The zero-order chi connectivity index (χ0) is 26.4. The molecule has 2 aromatic rings. The Labute approximate surface area is 215 Å². The number of hydrogen-bond donors (Lipinski definition) is 0. The number of rotatable bonds is 5. The third kappa shape index (κ3) is 4.26. The molecule has 37 heavy (non-hydrogen) atoms. The van der Waals surface area contributed by atoms with Gasteiger partial charge in [-0.1, -0.05) is 44.2 Å². The van der Waals surface area contributed by atoms with Crippen molar-refractivity contribution >= 4 is 23.7 Å². The summed E-state index contributed by atoms with van der Waals surface area (Å²) in [5.41, 5.74) is -0.0687. The van der Waals surface area contributed by atoms with Crippen molar-refractivity contribution < 1.29 is 37.8 Å². The molecule has 0 unspecified atom stereocenters. The minimum Gasteiger partial charge on any atom is -0.472 e. The summed E-state index contributed by atoms with van der Waals surface area (Å²) in [6, 6.07) is 10.9. The van der Waals surface area contributed by atoms with E-state index in [9.17, 15) is 19.2 Å². The van der Waals surface area contributed by atoms with Crippen molar-refractivity contribution in [1.29, 1.82) is 0 Å². The largest absolute Gasteiger partial charge is 0.472 e. The summed E-state index contributed by atoms with van der Waals surface area (Å²) < 4.78 is 21.9. The van der Waals surface area contributed by atoms with Gasteiger partial charge in [-0.15, -0.1) is 0 Å². The van der Waals surface area contributed by atoms with Crippen LogP contribution >= 0.6 is 0 Å². The molecule has 0 radical (unpaired) electrons. The Morgan fingerprint density at radius 2 is 1.84 bits per heavy atom. The van der Waals surface area contributed by atoms with E-state index in [-0.39, 0.29) is 24.6 Å². The van der Waals surface area contributed by atoms with Crippen molar-refractivity contribution in [3.63, 3.8) is 0 Å². The molecular weight excluding hydrogens is 476 g/mol. The smallest absolute Gasteiger partial charge is 0.310 e. The van der Waals surface area contributed by atoms with Crippen LogP contribution in [0.15, 0.2) is 53.3 Å². The number of carbonyl (C=O) groups excluding carboxylic acids is 4. The monoisotopic (exact) mass is 508 g/mol. The first-order valence-corrected chi connectivity index (χ1v) is 12.7. The Kier molecular flexibility index (Phi) is 6.46. The summed E-state index contributed by atoms with van der Waals surface area (Å²) in [7, 11) is 1.33. The normalized spacial score (nSPS) is 35.1. The Bertz CT molecular complexity index is 1190. The van der Waals surface area contributed by atoms with Gasteiger partial charge in [0.25, 0.3) is 0 Å². The molecule has 8 nitrogen and oxygen atoms in total. The first-order chi connectivity index (χ1) is 17.7.